The third-order valence-corrected chi connectivity index (χ3v) is 3.30. The smallest absolute Gasteiger partial charge is 0.223 e. The Balaban J connectivity index is 2.24. The largest absolute Gasteiger partial charge is 0.396 e. The molecular formula is C14H28N2O2. The average Bonchev–Trinajstić information content (AvgIpc) is 2.28. The van der Waals surface area contributed by atoms with Gasteiger partial charge in [-0.25, -0.2) is 0 Å². The molecule has 1 aliphatic heterocycles. The Labute approximate surface area is 111 Å². The van der Waals surface area contributed by atoms with Gasteiger partial charge in [-0.05, 0) is 31.2 Å². The van der Waals surface area contributed by atoms with Crippen LogP contribution in [0.4, 0.5) is 0 Å². The fourth-order valence-corrected chi connectivity index (χ4v) is 2.28. The van der Waals surface area contributed by atoms with Gasteiger partial charge in [0.05, 0.1) is 0 Å². The normalized spacial score (nSPS) is 18.1. The lowest BCUT2D eigenvalue weighted by Crippen LogP contribution is -2.45. The Morgan fingerprint density at radius 3 is 2.44 bits per heavy atom. The molecule has 0 aliphatic carbocycles. The van der Waals surface area contributed by atoms with Crippen molar-refractivity contribution >= 4 is 5.91 Å². The highest BCUT2D eigenvalue weighted by Gasteiger charge is 2.25. The molecule has 0 aromatic rings. The number of aliphatic hydroxyl groups is 1. The first-order valence-corrected chi connectivity index (χ1v) is 7.04. The lowest BCUT2D eigenvalue weighted by Gasteiger charge is -2.34. The molecule has 0 saturated carbocycles. The fraction of sp³-hybridized carbons (Fsp3) is 0.929. The van der Waals surface area contributed by atoms with Crippen LogP contribution < -0.4 is 5.32 Å². The Kier molecular flexibility index (Phi) is 6.09. The molecule has 1 rings (SSSR count). The van der Waals surface area contributed by atoms with E-state index in [4.69, 9.17) is 5.11 Å². The van der Waals surface area contributed by atoms with Gasteiger partial charge < -0.3 is 15.3 Å². The van der Waals surface area contributed by atoms with Crippen molar-refractivity contribution in [3.05, 3.63) is 0 Å². The summed E-state index contributed by atoms with van der Waals surface area (Å²) in [6.45, 7) is 9.17. The quantitative estimate of drug-likeness (QED) is 0.731. The third-order valence-electron chi connectivity index (χ3n) is 3.30. The van der Waals surface area contributed by atoms with E-state index in [-0.39, 0.29) is 17.9 Å². The van der Waals surface area contributed by atoms with Crippen molar-refractivity contribution in [3.8, 4) is 0 Å². The number of piperidine rings is 1. The number of amides is 1. The minimum atomic E-state index is 0.0767. The maximum absolute atomic E-state index is 12.1. The molecule has 1 fully saturated rings. The van der Waals surface area contributed by atoms with Gasteiger partial charge in [0.15, 0.2) is 0 Å². The van der Waals surface area contributed by atoms with Crippen molar-refractivity contribution in [3.63, 3.8) is 0 Å². The van der Waals surface area contributed by atoms with Crippen molar-refractivity contribution in [2.45, 2.75) is 52.5 Å². The maximum atomic E-state index is 12.1. The summed E-state index contributed by atoms with van der Waals surface area (Å²) in [5.74, 6) is 0.288. The number of nitrogens with zero attached hydrogens (tertiary/aromatic N) is 1. The Morgan fingerprint density at radius 1 is 1.33 bits per heavy atom. The van der Waals surface area contributed by atoms with Crippen LogP contribution >= 0.6 is 0 Å². The first kappa shape index (κ1) is 15.4. The summed E-state index contributed by atoms with van der Waals surface area (Å²) in [6, 6.07) is 0.509. The van der Waals surface area contributed by atoms with Crippen LogP contribution in [-0.4, -0.2) is 48.2 Å². The van der Waals surface area contributed by atoms with E-state index >= 15 is 0 Å². The fourth-order valence-electron chi connectivity index (χ4n) is 2.28. The molecule has 0 spiro atoms. The topological polar surface area (TPSA) is 52.6 Å². The summed E-state index contributed by atoms with van der Waals surface area (Å²) < 4.78 is 0. The van der Waals surface area contributed by atoms with E-state index in [2.05, 4.69) is 26.1 Å². The predicted octanol–water partition coefficient (Wildman–Crippen LogP) is 1.39. The number of likely N-dealkylation sites (tertiary alicyclic amines) is 1. The molecule has 106 valence electrons. The molecule has 4 nitrogen and oxygen atoms in total. The second kappa shape index (κ2) is 7.10. The van der Waals surface area contributed by atoms with Gasteiger partial charge in [-0.1, -0.05) is 20.8 Å². The van der Waals surface area contributed by atoms with Gasteiger partial charge in [0, 0.05) is 32.2 Å². The lowest BCUT2D eigenvalue weighted by atomic mass is 9.91. The van der Waals surface area contributed by atoms with Crippen molar-refractivity contribution < 1.29 is 9.90 Å². The molecule has 2 N–H and O–H groups in total. The van der Waals surface area contributed by atoms with E-state index in [1.165, 1.54) is 0 Å². The number of nitrogens with one attached hydrogen (secondary N) is 1. The van der Waals surface area contributed by atoms with Gasteiger partial charge in [-0.3, -0.25) is 4.79 Å². The number of aliphatic hydroxyl groups excluding tert-OH is 1. The molecule has 0 aromatic carbocycles. The maximum Gasteiger partial charge on any atom is 0.223 e. The van der Waals surface area contributed by atoms with Crippen LogP contribution in [0.1, 0.15) is 46.5 Å². The molecular weight excluding hydrogens is 228 g/mol. The highest BCUT2D eigenvalue weighted by Crippen LogP contribution is 2.21. The second-order valence-corrected chi connectivity index (χ2v) is 6.42. The van der Waals surface area contributed by atoms with Crippen LogP contribution in [-0.2, 0) is 4.79 Å². The van der Waals surface area contributed by atoms with E-state index in [1.807, 2.05) is 4.90 Å². The van der Waals surface area contributed by atoms with Gasteiger partial charge in [0.25, 0.3) is 0 Å². The molecule has 18 heavy (non-hydrogen) atoms. The van der Waals surface area contributed by atoms with E-state index in [9.17, 15) is 4.79 Å². The molecule has 0 aromatic heterocycles. The predicted molar refractivity (Wildman–Crippen MR) is 73.4 cm³/mol. The molecule has 0 unspecified atom stereocenters. The molecule has 0 bridgehead atoms. The summed E-state index contributed by atoms with van der Waals surface area (Å²) in [6.07, 6.45) is 3.50. The number of carbonyl (C=O) groups is 1. The van der Waals surface area contributed by atoms with Gasteiger partial charge in [0.2, 0.25) is 5.91 Å². The molecule has 1 amide bonds. The zero-order chi connectivity index (χ0) is 13.6. The minimum absolute atomic E-state index is 0.0767. The average molecular weight is 256 g/mol. The number of rotatable bonds is 5. The third kappa shape index (κ3) is 5.83. The highest BCUT2D eigenvalue weighted by molar-refractivity contribution is 5.76. The van der Waals surface area contributed by atoms with Crippen LogP contribution in [0.25, 0.3) is 0 Å². The van der Waals surface area contributed by atoms with Crippen LogP contribution in [0.2, 0.25) is 0 Å². The van der Waals surface area contributed by atoms with Crippen LogP contribution in [0.3, 0.4) is 0 Å². The van der Waals surface area contributed by atoms with Gasteiger partial charge in [0.1, 0.15) is 0 Å². The van der Waals surface area contributed by atoms with Gasteiger partial charge in [-0.15, -0.1) is 0 Å². The Hall–Kier alpha value is -0.610. The van der Waals surface area contributed by atoms with Crippen LogP contribution in [0.15, 0.2) is 0 Å². The molecule has 0 atom stereocenters. The van der Waals surface area contributed by atoms with Crippen molar-refractivity contribution in [1.82, 2.24) is 10.2 Å². The lowest BCUT2D eigenvalue weighted by molar-refractivity contribution is -0.134. The zero-order valence-electron chi connectivity index (χ0n) is 12.0. The summed E-state index contributed by atoms with van der Waals surface area (Å²) in [5.41, 5.74) is 0.0767. The first-order valence-electron chi connectivity index (χ1n) is 7.04. The first-order chi connectivity index (χ1) is 8.42. The molecule has 1 heterocycles. The Bertz CT molecular complexity index is 253. The van der Waals surface area contributed by atoms with E-state index in [0.29, 0.717) is 12.5 Å². The molecule has 1 aliphatic rings. The number of carbonyl (C=O) groups excluding carboxylic acids is 1. The molecule has 4 heteroatoms. The van der Waals surface area contributed by atoms with Crippen LogP contribution in [0, 0.1) is 5.41 Å². The molecule has 1 saturated heterocycles. The number of hydrogen-bond donors (Lipinski definition) is 2. The highest BCUT2D eigenvalue weighted by atomic mass is 16.3. The minimum Gasteiger partial charge on any atom is -0.396 e. The molecule has 0 radical (unpaired) electrons. The van der Waals surface area contributed by atoms with E-state index in [0.717, 1.165) is 38.9 Å². The summed E-state index contributed by atoms with van der Waals surface area (Å²) in [4.78, 5) is 14.0. The summed E-state index contributed by atoms with van der Waals surface area (Å²) in [5, 5.41) is 12.2. The summed E-state index contributed by atoms with van der Waals surface area (Å²) >= 11 is 0. The van der Waals surface area contributed by atoms with E-state index < -0.39 is 0 Å². The summed E-state index contributed by atoms with van der Waals surface area (Å²) in [7, 11) is 0. The SMILES string of the molecule is CC(C)(C)CC(=O)N1CCC(NCCCO)CC1. The standard InChI is InChI=1S/C14H28N2O2/c1-14(2,3)11-13(18)16-8-5-12(6-9-16)15-7-4-10-17/h12,15,17H,4-11H2,1-3H3. The van der Waals surface area contributed by atoms with Gasteiger partial charge >= 0.3 is 0 Å². The van der Waals surface area contributed by atoms with Gasteiger partial charge in [-0.2, -0.15) is 0 Å². The van der Waals surface area contributed by atoms with Crippen molar-refractivity contribution in [2.24, 2.45) is 5.41 Å². The monoisotopic (exact) mass is 256 g/mol. The van der Waals surface area contributed by atoms with E-state index in [1.54, 1.807) is 0 Å². The van der Waals surface area contributed by atoms with Crippen LogP contribution in [0.5, 0.6) is 0 Å². The van der Waals surface area contributed by atoms with Crippen molar-refractivity contribution in [2.75, 3.05) is 26.2 Å². The second-order valence-electron chi connectivity index (χ2n) is 6.42. The zero-order valence-corrected chi connectivity index (χ0v) is 12.0. The Morgan fingerprint density at radius 2 is 1.94 bits per heavy atom. The number of hydrogen-bond acceptors (Lipinski definition) is 3. The van der Waals surface area contributed by atoms with Crippen molar-refractivity contribution in [1.29, 1.82) is 0 Å².